The molecule has 0 saturated carbocycles. The number of thiazole rings is 1. The molecule has 1 fully saturated rings. The van der Waals surface area contributed by atoms with Gasteiger partial charge in [0.1, 0.15) is 5.78 Å². The largest absolute Gasteiger partial charge is 0.379 e. The molecular weight excluding hydrogens is 1020 g/mol. The number of carbonyl (C=O) groups is 6. The van der Waals surface area contributed by atoms with Gasteiger partial charge in [-0.15, -0.1) is 11.3 Å². The average Bonchev–Trinajstić information content (AvgIpc) is 4.18. The van der Waals surface area contributed by atoms with E-state index >= 15 is 0 Å². The number of aromatic nitrogens is 1. The quantitative estimate of drug-likeness (QED) is 0.0600. The van der Waals surface area contributed by atoms with E-state index in [4.69, 9.17) is 29.4 Å². The fourth-order valence-corrected chi connectivity index (χ4v) is 11.9. The number of nitrogens with one attached hydrogen (secondary N) is 1. The zero-order valence-corrected chi connectivity index (χ0v) is 50.9. The number of carbonyl (C=O) groups excluding carboxylic acids is 6. The van der Waals surface area contributed by atoms with Gasteiger partial charge >= 0.3 is 0 Å². The fourth-order valence-electron chi connectivity index (χ4n) is 11.1. The number of Topliss-reactive ketones (excluding diaryl/α,β-unsaturated/α-hetero) is 2. The second-order valence-corrected chi connectivity index (χ2v) is 23.3. The lowest BCUT2D eigenvalue weighted by atomic mass is 9.83. The number of ether oxygens (including phenoxy) is 5. The summed E-state index contributed by atoms with van der Waals surface area (Å²) >= 11 is 1.56. The Labute approximate surface area is 478 Å². The minimum atomic E-state index is -0.689. The molecule has 2 heterocycles. The van der Waals surface area contributed by atoms with Gasteiger partial charge in [-0.25, -0.2) is 4.98 Å². The van der Waals surface area contributed by atoms with E-state index in [2.05, 4.69) is 36.3 Å². The van der Waals surface area contributed by atoms with Crippen LogP contribution in [-0.4, -0.2) is 173 Å². The van der Waals surface area contributed by atoms with Crippen molar-refractivity contribution in [2.45, 2.75) is 181 Å². The monoisotopic (exact) mass is 1130 g/mol. The first-order valence-corrected chi connectivity index (χ1v) is 30.4. The summed E-state index contributed by atoms with van der Waals surface area (Å²) in [5.41, 5.74) is 6.52. The average molecular weight is 1130 g/mol. The van der Waals surface area contributed by atoms with Crippen molar-refractivity contribution >= 4 is 46.5 Å². The first-order valence-electron chi connectivity index (χ1n) is 29.5. The smallest absolute Gasteiger partial charge is 0.226 e. The van der Waals surface area contributed by atoms with Gasteiger partial charge in [-0.1, -0.05) is 111 Å². The molecule has 0 radical (unpaired) electrons. The zero-order valence-electron chi connectivity index (χ0n) is 50.1. The predicted molar refractivity (Wildman–Crippen MR) is 312 cm³/mol. The Bertz CT molecular complexity index is 2050. The van der Waals surface area contributed by atoms with E-state index in [1.807, 2.05) is 63.1 Å². The second-order valence-electron chi connectivity index (χ2n) is 22.3. The predicted octanol–water partition coefficient (Wildman–Crippen LogP) is 8.31. The number of ketones is 2. The molecule has 0 aliphatic carbocycles. The minimum Gasteiger partial charge on any atom is -0.379 e. The van der Waals surface area contributed by atoms with Gasteiger partial charge in [-0.3, -0.25) is 28.8 Å². The highest BCUT2D eigenvalue weighted by Gasteiger charge is 2.44. The van der Waals surface area contributed by atoms with Gasteiger partial charge < -0.3 is 49.4 Å². The number of rotatable bonds is 43. The third kappa shape index (κ3) is 23.7. The van der Waals surface area contributed by atoms with Crippen molar-refractivity contribution in [2.24, 2.45) is 35.3 Å². The molecular formula is C61H102N6O11S. The van der Waals surface area contributed by atoms with Gasteiger partial charge in [0, 0.05) is 103 Å². The molecule has 1 aromatic carbocycles. The molecule has 448 valence electrons. The molecule has 1 aliphatic rings. The van der Waals surface area contributed by atoms with Crippen LogP contribution in [0.5, 0.6) is 0 Å². The molecule has 17 nitrogen and oxygen atoms in total. The lowest BCUT2D eigenvalue weighted by Crippen LogP contribution is -2.54. The van der Waals surface area contributed by atoms with Crippen molar-refractivity contribution in [3.8, 4) is 0 Å². The number of likely N-dealkylation sites (tertiary alicyclic amines) is 1. The van der Waals surface area contributed by atoms with Crippen LogP contribution in [0.3, 0.4) is 0 Å². The number of likely N-dealkylation sites (N-methyl/N-ethyl adjacent to an activating group) is 2. The number of benzene rings is 1. The van der Waals surface area contributed by atoms with Crippen LogP contribution >= 0.6 is 11.3 Å². The normalized spacial score (nSPS) is 16.7. The number of nitrogens with two attached hydrogens (primary N) is 1. The summed E-state index contributed by atoms with van der Waals surface area (Å²) in [7, 11) is 6.66. The van der Waals surface area contributed by atoms with Crippen molar-refractivity contribution in [1.82, 2.24) is 25.0 Å². The molecule has 0 unspecified atom stereocenters. The molecule has 9 atom stereocenters. The molecule has 0 spiro atoms. The Kier molecular flexibility index (Phi) is 33.7. The minimum absolute atomic E-state index is 0.0244. The molecule has 1 saturated heterocycles. The maximum atomic E-state index is 14.8. The van der Waals surface area contributed by atoms with Crippen LogP contribution in [0.2, 0.25) is 0 Å². The van der Waals surface area contributed by atoms with Gasteiger partial charge in [0.25, 0.3) is 0 Å². The third-order valence-electron chi connectivity index (χ3n) is 15.9. The van der Waals surface area contributed by atoms with Crippen molar-refractivity contribution in [1.29, 1.82) is 0 Å². The highest BCUT2D eigenvalue weighted by molar-refractivity contribution is 7.09. The van der Waals surface area contributed by atoms with Gasteiger partial charge in [0.05, 0.1) is 81.4 Å². The molecule has 3 rings (SSSR count). The van der Waals surface area contributed by atoms with Crippen LogP contribution in [-0.2, 0) is 58.9 Å². The summed E-state index contributed by atoms with van der Waals surface area (Å²) in [6.07, 6.45) is 9.83. The van der Waals surface area contributed by atoms with Crippen LogP contribution in [0.1, 0.15) is 155 Å². The maximum Gasteiger partial charge on any atom is 0.226 e. The Hall–Kier alpha value is -4.17. The van der Waals surface area contributed by atoms with E-state index in [1.165, 1.54) is 0 Å². The summed E-state index contributed by atoms with van der Waals surface area (Å²) in [5.74, 6) is -2.14. The molecule has 2 aromatic rings. The van der Waals surface area contributed by atoms with Crippen LogP contribution < -0.4 is 11.1 Å². The number of hydrogen-bond acceptors (Lipinski definition) is 14. The van der Waals surface area contributed by atoms with E-state index in [0.717, 1.165) is 55.5 Å². The van der Waals surface area contributed by atoms with E-state index in [9.17, 15) is 28.8 Å². The Morgan fingerprint density at radius 3 is 2.01 bits per heavy atom. The van der Waals surface area contributed by atoms with Crippen molar-refractivity contribution in [3.05, 3.63) is 52.5 Å². The molecule has 1 aliphatic heterocycles. The van der Waals surface area contributed by atoms with Crippen LogP contribution in [0.15, 0.2) is 41.9 Å². The molecule has 0 bridgehead atoms. The first-order chi connectivity index (χ1) is 37.9. The van der Waals surface area contributed by atoms with Crippen LogP contribution in [0, 0.1) is 29.6 Å². The van der Waals surface area contributed by atoms with Crippen molar-refractivity contribution < 1.29 is 52.5 Å². The molecule has 18 heteroatoms. The summed E-state index contributed by atoms with van der Waals surface area (Å²) in [5, 5.41) is 5.82. The number of hydrogen-bond donors (Lipinski definition) is 2. The fraction of sp³-hybridized carbons (Fsp3) is 0.754. The van der Waals surface area contributed by atoms with Gasteiger partial charge in [0.15, 0.2) is 5.78 Å². The second kappa shape index (κ2) is 38.5. The summed E-state index contributed by atoms with van der Waals surface area (Å²) in [6, 6.07) is 8.66. The summed E-state index contributed by atoms with van der Waals surface area (Å²) < 4.78 is 28.4. The lowest BCUT2D eigenvalue weighted by molar-refractivity contribution is -0.149. The lowest BCUT2D eigenvalue weighted by Gasteiger charge is -2.41. The topological polar surface area (TPSA) is 209 Å². The van der Waals surface area contributed by atoms with Crippen molar-refractivity contribution in [2.75, 3.05) is 87.6 Å². The third-order valence-corrected chi connectivity index (χ3v) is 16.8. The standard InChI is InChI=1S/C61H102N6O11S/c1-12-45(6)58(53(74-10)42-56(72)67-31-22-25-50(67)59(75-11)46(7)51(68)40-48(60-64-30-38-79-60)39-47-23-18-17-19-24-47)66(9)61(73)49(43(2)3)41-52(69)57(44(4)5)65(8)55(71)26-20-15-13-14-16-21-29-63-54(70)27-32-76-34-36-78-37-35-77-33-28-62/h17-19,23-24,30,38,43-46,48-50,53,57-59H,12-16,20-22,25-29,31-37,39-42,62H2,1-11H3,(H,63,70)/t45-,46-,48+,49-,50-,53+,57-,58-,59+/m0/s1. The van der Waals surface area contributed by atoms with Gasteiger partial charge in [-0.05, 0) is 55.4 Å². The molecule has 3 N–H and O–H groups in total. The van der Waals surface area contributed by atoms with Crippen molar-refractivity contribution in [3.63, 3.8) is 0 Å². The number of unbranched alkanes of at least 4 members (excludes halogenated alkanes) is 5. The Balaban J connectivity index is 1.54. The van der Waals surface area contributed by atoms with E-state index in [-0.39, 0.29) is 77.8 Å². The highest BCUT2D eigenvalue weighted by atomic mass is 32.1. The van der Waals surface area contributed by atoms with Gasteiger partial charge in [0.2, 0.25) is 23.6 Å². The Morgan fingerprint density at radius 2 is 1.42 bits per heavy atom. The van der Waals surface area contributed by atoms with Gasteiger partial charge in [-0.2, -0.15) is 0 Å². The molecule has 1 aromatic heterocycles. The first kappa shape index (κ1) is 69.1. The number of methoxy groups -OCH3 is 2. The highest BCUT2D eigenvalue weighted by Crippen LogP contribution is 2.34. The summed E-state index contributed by atoms with van der Waals surface area (Å²) in [4.78, 5) is 93.4. The molecule has 79 heavy (non-hydrogen) atoms. The SMILES string of the molecule is CC[C@H](C)[C@@H]([C@@H](CC(=O)N1CCC[C@H]1[C@H](OC)[C@@H](C)C(=O)C[C@@H](Cc1ccccc1)c1nccs1)OC)N(C)C(=O)[C@@H](CC(=O)[C@H](C(C)C)N(C)C(=O)CCCCCCCCNC(=O)CCOCCOCCOCCN)C(C)C. The van der Waals surface area contributed by atoms with E-state index < -0.39 is 36.1 Å². The van der Waals surface area contributed by atoms with Crippen LogP contribution in [0.25, 0.3) is 0 Å². The zero-order chi connectivity index (χ0) is 58.3. The van der Waals surface area contributed by atoms with Crippen LogP contribution in [0.4, 0.5) is 0 Å². The summed E-state index contributed by atoms with van der Waals surface area (Å²) in [6.45, 7) is 18.1. The van der Waals surface area contributed by atoms with E-state index in [0.29, 0.717) is 97.8 Å². The number of amides is 4. The maximum absolute atomic E-state index is 14.8. The number of nitrogens with zero attached hydrogens (tertiary/aromatic N) is 4. The Morgan fingerprint density at radius 1 is 0.772 bits per heavy atom. The molecule has 4 amide bonds. The van der Waals surface area contributed by atoms with E-state index in [1.54, 1.807) is 55.6 Å².